The van der Waals surface area contributed by atoms with Gasteiger partial charge in [-0.2, -0.15) is 0 Å². The van der Waals surface area contributed by atoms with Crippen LogP contribution in [0, 0.1) is 10.1 Å². The number of aromatic nitrogens is 1. The highest BCUT2D eigenvalue weighted by molar-refractivity contribution is 6.35. The Bertz CT molecular complexity index is 834. The Balaban J connectivity index is 2.08. The second-order valence-electron chi connectivity index (χ2n) is 4.09. The molecule has 0 saturated heterocycles. The topological polar surface area (TPSA) is 89.1 Å². The maximum atomic E-state index is 12.3. The van der Waals surface area contributed by atoms with Gasteiger partial charge in [-0.1, -0.05) is 23.7 Å². The van der Waals surface area contributed by atoms with E-state index in [-0.39, 0.29) is 5.76 Å². The maximum Gasteiger partial charge on any atom is 0.433 e. The molecule has 0 aliphatic carbocycles. The van der Waals surface area contributed by atoms with Gasteiger partial charge in [0.1, 0.15) is 4.92 Å². The molecular weight excluding hydrogens is 284 g/mol. The highest BCUT2D eigenvalue weighted by atomic mass is 35.5. The van der Waals surface area contributed by atoms with Crippen LogP contribution >= 0.6 is 11.6 Å². The van der Waals surface area contributed by atoms with Crippen molar-refractivity contribution in [3.8, 4) is 0 Å². The predicted octanol–water partition coefficient (Wildman–Crippen LogP) is 3.55. The van der Waals surface area contributed by atoms with E-state index in [2.05, 4.69) is 4.98 Å². The Morgan fingerprint density at radius 2 is 2.10 bits per heavy atom. The molecule has 0 bridgehead atoms. The van der Waals surface area contributed by atoms with Gasteiger partial charge < -0.3 is 9.40 Å². The molecule has 3 aromatic rings. The molecule has 0 atom stereocenters. The van der Waals surface area contributed by atoms with Gasteiger partial charge in [0.05, 0.1) is 22.2 Å². The van der Waals surface area contributed by atoms with Crippen molar-refractivity contribution in [2.45, 2.75) is 0 Å². The Labute approximate surface area is 117 Å². The van der Waals surface area contributed by atoms with Gasteiger partial charge in [0.25, 0.3) is 0 Å². The SMILES string of the molecule is O=C(c1ccc([N+](=O)[O-])o1)c1c[nH]c2c(Cl)cccc12. The maximum absolute atomic E-state index is 12.3. The van der Waals surface area contributed by atoms with Gasteiger partial charge in [-0.05, 0) is 12.1 Å². The Kier molecular flexibility index (Phi) is 2.80. The van der Waals surface area contributed by atoms with E-state index in [0.717, 1.165) is 6.07 Å². The zero-order chi connectivity index (χ0) is 14.3. The summed E-state index contributed by atoms with van der Waals surface area (Å²) in [5.74, 6) is -0.990. The highest BCUT2D eigenvalue weighted by Crippen LogP contribution is 2.27. The molecule has 6 nitrogen and oxygen atoms in total. The second kappa shape index (κ2) is 4.50. The number of nitrogens with one attached hydrogen (secondary N) is 1. The molecule has 0 amide bonds. The third kappa shape index (κ3) is 1.86. The first-order valence-electron chi connectivity index (χ1n) is 5.62. The molecule has 3 rings (SSSR count). The summed E-state index contributed by atoms with van der Waals surface area (Å²) in [6.07, 6.45) is 1.51. The average Bonchev–Trinajstić information content (AvgIpc) is 3.05. The number of carbonyl (C=O) groups excluding carboxylic acids is 1. The van der Waals surface area contributed by atoms with Crippen molar-refractivity contribution in [1.82, 2.24) is 4.98 Å². The van der Waals surface area contributed by atoms with Gasteiger partial charge in [-0.25, -0.2) is 0 Å². The number of nitrogens with zero attached hydrogens (tertiary/aromatic N) is 1. The smallest absolute Gasteiger partial charge is 0.397 e. The van der Waals surface area contributed by atoms with Crippen LogP contribution in [-0.4, -0.2) is 15.7 Å². The fourth-order valence-corrected chi connectivity index (χ4v) is 2.21. The van der Waals surface area contributed by atoms with E-state index < -0.39 is 16.6 Å². The van der Waals surface area contributed by atoms with E-state index in [0.29, 0.717) is 21.5 Å². The molecule has 0 spiro atoms. The van der Waals surface area contributed by atoms with E-state index in [9.17, 15) is 14.9 Å². The summed E-state index contributed by atoms with van der Waals surface area (Å²) >= 11 is 6.01. The van der Waals surface area contributed by atoms with E-state index in [1.54, 1.807) is 18.2 Å². The quantitative estimate of drug-likeness (QED) is 0.454. The number of H-pyrrole nitrogens is 1. The van der Waals surface area contributed by atoms with Crippen molar-refractivity contribution in [3.63, 3.8) is 0 Å². The lowest BCUT2D eigenvalue weighted by Gasteiger charge is -1.96. The zero-order valence-electron chi connectivity index (χ0n) is 9.92. The first-order chi connectivity index (χ1) is 9.58. The number of para-hydroxylation sites is 1. The number of nitro groups is 1. The van der Waals surface area contributed by atoms with Crippen molar-refractivity contribution < 1.29 is 14.1 Å². The van der Waals surface area contributed by atoms with Crippen LogP contribution in [-0.2, 0) is 0 Å². The van der Waals surface area contributed by atoms with Crippen molar-refractivity contribution in [3.05, 3.63) is 63.0 Å². The summed E-state index contributed by atoms with van der Waals surface area (Å²) in [5, 5.41) is 11.7. The number of hydrogen-bond acceptors (Lipinski definition) is 4. The molecular formula is C13H7ClN2O4. The van der Waals surface area contributed by atoms with Crippen LogP contribution < -0.4 is 0 Å². The standard InChI is InChI=1S/C13H7ClN2O4/c14-9-3-1-2-7-8(6-15-12(7)9)13(17)10-4-5-11(20-10)16(18)19/h1-6,15H. The van der Waals surface area contributed by atoms with Crippen LogP contribution in [0.4, 0.5) is 5.88 Å². The van der Waals surface area contributed by atoms with E-state index in [4.69, 9.17) is 16.0 Å². The number of benzene rings is 1. The molecule has 1 N–H and O–H groups in total. The minimum absolute atomic E-state index is 0.0856. The summed E-state index contributed by atoms with van der Waals surface area (Å²) in [4.78, 5) is 25.1. The van der Waals surface area contributed by atoms with E-state index >= 15 is 0 Å². The summed E-state index contributed by atoms with van der Waals surface area (Å²) in [5.41, 5.74) is 0.991. The number of rotatable bonds is 3. The molecule has 7 heteroatoms. The largest absolute Gasteiger partial charge is 0.433 e. The number of carbonyl (C=O) groups is 1. The van der Waals surface area contributed by atoms with E-state index in [1.165, 1.54) is 12.3 Å². The van der Waals surface area contributed by atoms with Crippen LogP contribution in [0.1, 0.15) is 16.1 Å². The van der Waals surface area contributed by atoms with Crippen molar-refractivity contribution >= 4 is 34.2 Å². The molecule has 0 aliphatic rings. The fraction of sp³-hybridized carbons (Fsp3) is 0. The minimum atomic E-state index is -0.692. The number of halogens is 1. The third-order valence-electron chi connectivity index (χ3n) is 2.90. The van der Waals surface area contributed by atoms with Crippen molar-refractivity contribution in [2.24, 2.45) is 0 Å². The number of ketones is 1. The number of furan rings is 1. The van der Waals surface area contributed by atoms with Crippen LogP contribution in [0.15, 0.2) is 40.9 Å². The number of aromatic amines is 1. The Morgan fingerprint density at radius 3 is 2.80 bits per heavy atom. The van der Waals surface area contributed by atoms with Crippen LogP contribution in [0.2, 0.25) is 5.02 Å². The molecule has 1 aromatic carbocycles. The average molecular weight is 291 g/mol. The van der Waals surface area contributed by atoms with Crippen LogP contribution in [0.5, 0.6) is 0 Å². The highest BCUT2D eigenvalue weighted by Gasteiger charge is 2.21. The molecule has 0 unspecified atom stereocenters. The van der Waals surface area contributed by atoms with Crippen LogP contribution in [0.3, 0.4) is 0 Å². The normalized spacial score (nSPS) is 10.8. The molecule has 2 heterocycles. The number of hydrogen-bond donors (Lipinski definition) is 1. The molecule has 0 saturated carbocycles. The number of fused-ring (bicyclic) bond motifs is 1. The lowest BCUT2D eigenvalue weighted by molar-refractivity contribution is -0.402. The summed E-state index contributed by atoms with van der Waals surface area (Å²) in [7, 11) is 0. The summed E-state index contributed by atoms with van der Waals surface area (Å²) in [6.45, 7) is 0. The van der Waals surface area contributed by atoms with Gasteiger partial charge >= 0.3 is 5.88 Å². The first-order valence-corrected chi connectivity index (χ1v) is 6.00. The Morgan fingerprint density at radius 1 is 1.30 bits per heavy atom. The van der Waals surface area contributed by atoms with Crippen molar-refractivity contribution in [1.29, 1.82) is 0 Å². The summed E-state index contributed by atoms with van der Waals surface area (Å²) < 4.78 is 4.91. The fourth-order valence-electron chi connectivity index (χ4n) is 1.99. The molecule has 20 heavy (non-hydrogen) atoms. The monoisotopic (exact) mass is 290 g/mol. The zero-order valence-corrected chi connectivity index (χ0v) is 10.7. The third-order valence-corrected chi connectivity index (χ3v) is 3.22. The Hall–Kier alpha value is -2.60. The molecule has 2 aromatic heterocycles. The summed E-state index contributed by atoms with van der Waals surface area (Å²) in [6, 6.07) is 7.59. The van der Waals surface area contributed by atoms with Gasteiger partial charge in [0.15, 0.2) is 5.76 Å². The van der Waals surface area contributed by atoms with Crippen LogP contribution in [0.25, 0.3) is 10.9 Å². The van der Waals surface area contributed by atoms with E-state index in [1.807, 2.05) is 0 Å². The predicted molar refractivity (Wildman–Crippen MR) is 72.1 cm³/mol. The van der Waals surface area contributed by atoms with Gasteiger partial charge in [0, 0.05) is 11.6 Å². The first kappa shape index (κ1) is 12.4. The molecule has 0 fully saturated rings. The molecule has 0 radical (unpaired) electrons. The second-order valence-corrected chi connectivity index (χ2v) is 4.50. The molecule has 0 aliphatic heterocycles. The van der Waals surface area contributed by atoms with Gasteiger partial charge in [-0.15, -0.1) is 0 Å². The van der Waals surface area contributed by atoms with Gasteiger partial charge in [0.2, 0.25) is 5.78 Å². The molecule has 100 valence electrons. The minimum Gasteiger partial charge on any atom is -0.397 e. The van der Waals surface area contributed by atoms with Gasteiger partial charge in [-0.3, -0.25) is 14.9 Å². The lowest BCUT2D eigenvalue weighted by atomic mass is 10.1. The van der Waals surface area contributed by atoms with Crippen molar-refractivity contribution in [2.75, 3.05) is 0 Å². The lowest BCUT2D eigenvalue weighted by Crippen LogP contribution is -1.98.